The summed E-state index contributed by atoms with van der Waals surface area (Å²) < 4.78 is 2.15. The molecule has 0 atom stereocenters. The molecular weight excluding hydrogens is 436 g/mol. The van der Waals surface area contributed by atoms with E-state index < -0.39 is 0 Å². The van der Waals surface area contributed by atoms with Crippen molar-refractivity contribution in [2.24, 2.45) is 0 Å². The van der Waals surface area contributed by atoms with Gasteiger partial charge in [0.05, 0.1) is 11.3 Å². The SMILES string of the molecule is O=c1c2c(nc(SCc3ccccc3)n1C1CCCCC1)-c1ccccc1CC21CCCCC1. The van der Waals surface area contributed by atoms with Gasteiger partial charge < -0.3 is 0 Å². The van der Waals surface area contributed by atoms with E-state index in [1.165, 1.54) is 55.2 Å². The van der Waals surface area contributed by atoms with E-state index in [1.54, 1.807) is 11.8 Å². The molecular formula is C30H34N2OS. The molecule has 1 spiro atoms. The third kappa shape index (κ3) is 3.94. The van der Waals surface area contributed by atoms with Crippen LogP contribution < -0.4 is 5.56 Å². The van der Waals surface area contributed by atoms with Crippen LogP contribution in [0.2, 0.25) is 0 Å². The summed E-state index contributed by atoms with van der Waals surface area (Å²) in [6.45, 7) is 0. The van der Waals surface area contributed by atoms with Gasteiger partial charge in [-0.3, -0.25) is 9.36 Å². The molecule has 3 aliphatic carbocycles. The van der Waals surface area contributed by atoms with E-state index >= 15 is 0 Å². The van der Waals surface area contributed by atoms with Crippen LogP contribution in [0.1, 0.15) is 86.9 Å². The summed E-state index contributed by atoms with van der Waals surface area (Å²) in [5.74, 6) is 0.839. The van der Waals surface area contributed by atoms with Crippen molar-refractivity contribution >= 4 is 11.8 Å². The quantitative estimate of drug-likeness (QED) is 0.293. The first kappa shape index (κ1) is 22.2. The lowest BCUT2D eigenvalue weighted by Crippen LogP contribution is -2.44. The van der Waals surface area contributed by atoms with Crippen LogP contribution in [0.25, 0.3) is 11.3 Å². The highest BCUT2D eigenvalue weighted by Crippen LogP contribution is 2.49. The monoisotopic (exact) mass is 470 g/mol. The first-order chi connectivity index (χ1) is 16.8. The fourth-order valence-corrected chi connectivity index (χ4v) is 7.70. The van der Waals surface area contributed by atoms with Crippen molar-refractivity contribution in [3.8, 4) is 11.3 Å². The molecule has 6 rings (SSSR count). The topological polar surface area (TPSA) is 34.9 Å². The fraction of sp³-hybridized carbons (Fsp3) is 0.467. The minimum Gasteiger partial charge on any atom is -0.284 e. The van der Waals surface area contributed by atoms with Crippen LogP contribution in [0.4, 0.5) is 0 Å². The van der Waals surface area contributed by atoms with Crippen molar-refractivity contribution in [1.82, 2.24) is 9.55 Å². The molecule has 0 N–H and O–H groups in total. The molecule has 34 heavy (non-hydrogen) atoms. The molecule has 0 unspecified atom stereocenters. The standard InChI is InChI=1S/C30H34N2OS/c33-28-26-27(25-17-9-8-14-23(25)20-30(26)18-10-3-11-19-30)31-29(32(28)24-15-6-2-7-16-24)34-21-22-12-4-1-5-13-22/h1,4-5,8-9,12-14,17,24H,2-3,6-7,10-11,15-16,18-21H2. The summed E-state index contributed by atoms with van der Waals surface area (Å²) in [5.41, 5.74) is 6.09. The van der Waals surface area contributed by atoms with Crippen LogP contribution in [0, 0.1) is 0 Å². The molecule has 2 aromatic carbocycles. The molecule has 1 aromatic heterocycles. The summed E-state index contributed by atoms with van der Waals surface area (Å²) >= 11 is 1.74. The molecule has 1 heterocycles. The third-order valence-corrected chi connectivity index (χ3v) is 9.40. The van der Waals surface area contributed by atoms with Gasteiger partial charge in [-0.1, -0.05) is 105 Å². The number of nitrogens with zero attached hydrogens (tertiary/aromatic N) is 2. The zero-order valence-corrected chi connectivity index (χ0v) is 20.8. The van der Waals surface area contributed by atoms with Crippen LogP contribution in [0.5, 0.6) is 0 Å². The molecule has 0 saturated heterocycles. The third-order valence-electron chi connectivity index (χ3n) is 8.38. The smallest absolute Gasteiger partial charge is 0.258 e. The zero-order valence-electron chi connectivity index (χ0n) is 20.0. The highest BCUT2D eigenvalue weighted by molar-refractivity contribution is 7.98. The van der Waals surface area contributed by atoms with Crippen LogP contribution in [-0.4, -0.2) is 9.55 Å². The summed E-state index contributed by atoms with van der Waals surface area (Å²) in [4.78, 5) is 19.9. The van der Waals surface area contributed by atoms with Crippen molar-refractivity contribution in [1.29, 1.82) is 0 Å². The van der Waals surface area contributed by atoms with E-state index in [2.05, 4.69) is 59.2 Å². The second kappa shape index (κ2) is 9.37. The number of thioether (sulfide) groups is 1. The maximum absolute atomic E-state index is 14.5. The minimum absolute atomic E-state index is 0.0366. The molecule has 2 fully saturated rings. The van der Waals surface area contributed by atoms with Gasteiger partial charge >= 0.3 is 0 Å². The molecule has 4 heteroatoms. The Morgan fingerprint density at radius 2 is 1.59 bits per heavy atom. The average molecular weight is 471 g/mol. The summed E-state index contributed by atoms with van der Waals surface area (Å²) in [6.07, 6.45) is 12.9. The normalized spacial score (nSPS) is 19.5. The van der Waals surface area contributed by atoms with E-state index in [4.69, 9.17) is 4.98 Å². The van der Waals surface area contributed by atoms with Gasteiger partial charge in [0.15, 0.2) is 5.16 Å². The van der Waals surface area contributed by atoms with Gasteiger partial charge in [-0.05, 0) is 43.2 Å². The van der Waals surface area contributed by atoms with Gasteiger partial charge in [0.2, 0.25) is 0 Å². The van der Waals surface area contributed by atoms with Crippen molar-refractivity contribution in [3.05, 3.63) is 81.6 Å². The van der Waals surface area contributed by atoms with Gasteiger partial charge in [0, 0.05) is 22.8 Å². The first-order valence-corrected chi connectivity index (χ1v) is 14.2. The Kier molecular flexibility index (Phi) is 6.11. The van der Waals surface area contributed by atoms with Crippen molar-refractivity contribution in [2.75, 3.05) is 0 Å². The number of hydrogen-bond acceptors (Lipinski definition) is 3. The Balaban J connectivity index is 1.53. The zero-order chi connectivity index (χ0) is 23.0. The lowest BCUT2D eigenvalue weighted by molar-refractivity contribution is 0.273. The molecule has 0 bridgehead atoms. The van der Waals surface area contributed by atoms with Crippen LogP contribution in [0.15, 0.2) is 64.5 Å². The second-order valence-corrected chi connectivity index (χ2v) is 11.5. The van der Waals surface area contributed by atoms with Crippen molar-refractivity contribution in [3.63, 3.8) is 0 Å². The molecule has 176 valence electrons. The summed E-state index contributed by atoms with van der Waals surface area (Å²) in [5, 5.41) is 0.919. The number of hydrogen-bond donors (Lipinski definition) is 0. The summed E-state index contributed by atoms with van der Waals surface area (Å²) in [6, 6.07) is 19.6. The second-order valence-electron chi connectivity index (χ2n) is 10.5. The lowest BCUT2D eigenvalue weighted by atomic mass is 9.62. The van der Waals surface area contributed by atoms with Crippen LogP contribution >= 0.6 is 11.8 Å². The maximum atomic E-state index is 14.5. The molecule has 0 aliphatic heterocycles. The van der Waals surface area contributed by atoms with E-state index in [1.807, 2.05) is 0 Å². The van der Waals surface area contributed by atoms with E-state index in [0.717, 1.165) is 54.3 Å². The minimum atomic E-state index is -0.0366. The Hall–Kier alpha value is -2.33. The Morgan fingerprint density at radius 3 is 2.38 bits per heavy atom. The molecule has 0 amide bonds. The Labute approximate surface area is 207 Å². The molecule has 3 aromatic rings. The van der Waals surface area contributed by atoms with Gasteiger partial charge in [-0.2, -0.15) is 0 Å². The molecule has 3 aliphatic rings. The van der Waals surface area contributed by atoms with Crippen molar-refractivity contribution in [2.45, 2.75) is 93.0 Å². The largest absolute Gasteiger partial charge is 0.284 e. The fourth-order valence-electron chi connectivity index (χ4n) is 6.69. The predicted molar refractivity (Wildman–Crippen MR) is 141 cm³/mol. The van der Waals surface area contributed by atoms with Gasteiger partial charge in [0.1, 0.15) is 0 Å². The number of benzene rings is 2. The van der Waals surface area contributed by atoms with E-state index in [-0.39, 0.29) is 17.0 Å². The van der Waals surface area contributed by atoms with Crippen LogP contribution in [-0.2, 0) is 17.6 Å². The molecule has 3 nitrogen and oxygen atoms in total. The predicted octanol–water partition coefficient (Wildman–Crippen LogP) is 7.47. The number of aromatic nitrogens is 2. The van der Waals surface area contributed by atoms with E-state index in [0.29, 0.717) is 0 Å². The van der Waals surface area contributed by atoms with Gasteiger partial charge in [-0.25, -0.2) is 4.98 Å². The maximum Gasteiger partial charge on any atom is 0.258 e. The first-order valence-electron chi connectivity index (χ1n) is 13.2. The Morgan fingerprint density at radius 1 is 0.882 bits per heavy atom. The lowest BCUT2D eigenvalue weighted by Gasteiger charge is -2.42. The molecule has 0 radical (unpaired) electrons. The number of rotatable bonds is 4. The van der Waals surface area contributed by atoms with Crippen molar-refractivity contribution < 1.29 is 0 Å². The van der Waals surface area contributed by atoms with Gasteiger partial charge in [0.25, 0.3) is 5.56 Å². The van der Waals surface area contributed by atoms with Gasteiger partial charge in [-0.15, -0.1) is 0 Å². The van der Waals surface area contributed by atoms with Crippen LogP contribution in [0.3, 0.4) is 0 Å². The average Bonchev–Trinajstić information content (AvgIpc) is 2.89. The Bertz CT molecular complexity index is 1220. The molecule has 2 saturated carbocycles. The summed E-state index contributed by atoms with van der Waals surface area (Å²) in [7, 11) is 0. The highest BCUT2D eigenvalue weighted by atomic mass is 32.2. The van der Waals surface area contributed by atoms with E-state index in [9.17, 15) is 4.79 Å². The number of fused-ring (bicyclic) bond motifs is 4. The highest BCUT2D eigenvalue weighted by Gasteiger charge is 2.44.